The number of carbonyl (C=O) groups excluding carboxylic acids is 2. The van der Waals surface area contributed by atoms with E-state index in [1.165, 1.54) is 0 Å². The van der Waals surface area contributed by atoms with E-state index >= 15 is 0 Å². The zero-order valence-electron chi connectivity index (χ0n) is 13.6. The first-order valence-electron chi connectivity index (χ1n) is 7.56. The Morgan fingerprint density at radius 2 is 1.58 bits per heavy atom. The van der Waals surface area contributed by atoms with Crippen LogP contribution in [0, 0.1) is 0 Å². The highest BCUT2D eigenvalue weighted by atomic mass is 32.2. The maximum atomic E-state index is 12.4. The molecular formula is C18H20N2O3S. The van der Waals surface area contributed by atoms with E-state index in [0.29, 0.717) is 16.0 Å². The van der Waals surface area contributed by atoms with Crippen molar-refractivity contribution in [1.29, 1.82) is 0 Å². The molecule has 0 aliphatic heterocycles. The summed E-state index contributed by atoms with van der Waals surface area (Å²) in [4.78, 5) is 24.7. The Morgan fingerprint density at radius 3 is 2.08 bits per heavy atom. The summed E-state index contributed by atoms with van der Waals surface area (Å²) in [6, 6.07) is 14.4. The van der Waals surface area contributed by atoms with Crippen molar-refractivity contribution in [3.8, 4) is 0 Å². The lowest BCUT2D eigenvalue weighted by Gasteiger charge is -2.16. The van der Waals surface area contributed by atoms with Gasteiger partial charge in [-0.3, -0.25) is 13.8 Å². The molecule has 2 atom stereocenters. The van der Waals surface area contributed by atoms with E-state index in [-0.39, 0.29) is 5.25 Å². The standard InChI is InChI=1S/C18H20N2O3S/c1-12(2)24(23)15-10-8-14(9-11-15)18(22)20-16(17(19)21)13-6-4-3-5-7-13/h3-12,16H,1-2H3,(H2,19,21)(H,20,22)/t16-,24-/m0/s1. The first kappa shape index (κ1) is 17.9. The smallest absolute Gasteiger partial charge is 0.252 e. The summed E-state index contributed by atoms with van der Waals surface area (Å²) in [5, 5.41) is 2.63. The fourth-order valence-electron chi connectivity index (χ4n) is 2.19. The van der Waals surface area contributed by atoms with Crippen molar-refractivity contribution in [3.63, 3.8) is 0 Å². The lowest BCUT2D eigenvalue weighted by molar-refractivity contribution is -0.120. The van der Waals surface area contributed by atoms with E-state index in [9.17, 15) is 13.8 Å². The topological polar surface area (TPSA) is 89.3 Å². The molecule has 24 heavy (non-hydrogen) atoms. The Bertz CT molecular complexity index is 743. The van der Waals surface area contributed by atoms with Crippen LogP contribution >= 0.6 is 0 Å². The number of amides is 2. The van der Waals surface area contributed by atoms with Gasteiger partial charge in [0.25, 0.3) is 5.91 Å². The van der Waals surface area contributed by atoms with Gasteiger partial charge in [-0.2, -0.15) is 0 Å². The zero-order chi connectivity index (χ0) is 17.7. The van der Waals surface area contributed by atoms with E-state index in [2.05, 4.69) is 5.32 Å². The van der Waals surface area contributed by atoms with Crippen LogP contribution in [0.1, 0.15) is 35.8 Å². The van der Waals surface area contributed by atoms with Crippen molar-refractivity contribution in [2.75, 3.05) is 0 Å². The highest BCUT2D eigenvalue weighted by Crippen LogP contribution is 2.15. The van der Waals surface area contributed by atoms with Crippen molar-refractivity contribution < 1.29 is 13.8 Å². The summed E-state index contributed by atoms with van der Waals surface area (Å²) >= 11 is 0. The molecule has 2 rings (SSSR count). The monoisotopic (exact) mass is 344 g/mol. The third-order valence-electron chi connectivity index (χ3n) is 3.47. The molecule has 2 aromatic carbocycles. The lowest BCUT2D eigenvalue weighted by Crippen LogP contribution is -2.37. The number of rotatable bonds is 6. The van der Waals surface area contributed by atoms with Gasteiger partial charge in [0, 0.05) is 15.7 Å². The van der Waals surface area contributed by atoms with Crippen molar-refractivity contribution in [2.45, 2.75) is 30.0 Å². The molecule has 0 bridgehead atoms. The minimum Gasteiger partial charge on any atom is -0.368 e. The fraction of sp³-hybridized carbons (Fsp3) is 0.222. The van der Waals surface area contributed by atoms with Gasteiger partial charge in [0.2, 0.25) is 5.91 Å². The number of nitrogens with two attached hydrogens (primary N) is 1. The van der Waals surface area contributed by atoms with Gasteiger partial charge in [0.1, 0.15) is 6.04 Å². The molecule has 0 fully saturated rings. The Hall–Kier alpha value is -2.47. The van der Waals surface area contributed by atoms with E-state index in [0.717, 1.165) is 0 Å². The maximum absolute atomic E-state index is 12.4. The van der Waals surface area contributed by atoms with Crippen molar-refractivity contribution >= 4 is 22.6 Å². The average Bonchev–Trinajstić information content (AvgIpc) is 2.59. The number of hydrogen-bond donors (Lipinski definition) is 2. The van der Waals surface area contributed by atoms with E-state index in [1.54, 1.807) is 48.5 Å². The van der Waals surface area contributed by atoms with Gasteiger partial charge in [-0.1, -0.05) is 44.2 Å². The molecule has 0 heterocycles. The van der Waals surface area contributed by atoms with Gasteiger partial charge >= 0.3 is 0 Å². The number of hydrogen-bond acceptors (Lipinski definition) is 3. The molecule has 6 heteroatoms. The van der Waals surface area contributed by atoms with Crippen LogP contribution in [0.25, 0.3) is 0 Å². The van der Waals surface area contributed by atoms with Crippen LogP contribution in [0.5, 0.6) is 0 Å². The van der Waals surface area contributed by atoms with Crippen LogP contribution in [0.15, 0.2) is 59.5 Å². The first-order valence-corrected chi connectivity index (χ1v) is 8.77. The Balaban J connectivity index is 2.16. The van der Waals surface area contributed by atoms with Crippen LogP contribution in [-0.4, -0.2) is 21.3 Å². The molecule has 0 radical (unpaired) electrons. The zero-order valence-corrected chi connectivity index (χ0v) is 14.4. The summed E-state index contributed by atoms with van der Waals surface area (Å²) in [5.74, 6) is -1.04. The predicted molar refractivity (Wildman–Crippen MR) is 93.8 cm³/mol. The molecular weight excluding hydrogens is 324 g/mol. The molecule has 3 N–H and O–H groups in total. The van der Waals surface area contributed by atoms with E-state index in [4.69, 9.17) is 5.73 Å². The molecule has 0 saturated heterocycles. The average molecular weight is 344 g/mol. The Labute approximate surface area is 143 Å². The molecule has 0 spiro atoms. The maximum Gasteiger partial charge on any atom is 0.252 e. The van der Waals surface area contributed by atoms with Crippen LogP contribution in [-0.2, 0) is 15.6 Å². The minimum absolute atomic E-state index is 0.00185. The molecule has 0 aliphatic rings. The minimum atomic E-state index is -1.11. The predicted octanol–water partition coefficient (Wildman–Crippen LogP) is 2.16. The van der Waals surface area contributed by atoms with Gasteiger partial charge in [-0.15, -0.1) is 0 Å². The molecule has 0 saturated carbocycles. The highest BCUT2D eigenvalue weighted by Gasteiger charge is 2.21. The van der Waals surface area contributed by atoms with Gasteiger partial charge in [-0.25, -0.2) is 0 Å². The largest absolute Gasteiger partial charge is 0.368 e. The summed E-state index contributed by atoms with van der Waals surface area (Å²) < 4.78 is 12.0. The van der Waals surface area contributed by atoms with Gasteiger partial charge in [-0.05, 0) is 29.8 Å². The fourth-order valence-corrected chi connectivity index (χ4v) is 3.14. The highest BCUT2D eigenvalue weighted by molar-refractivity contribution is 7.85. The van der Waals surface area contributed by atoms with Crippen LogP contribution in [0.3, 0.4) is 0 Å². The third kappa shape index (κ3) is 4.29. The molecule has 5 nitrogen and oxygen atoms in total. The van der Waals surface area contributed by atoms with Crippen LogP contribution < -0.4 is 11.1 Å². The molecule has 0 aliphatic carbocycles. The second kappa shape index (κ2) is 7.88. The van der Waals surface area contributed by atoms with Gasteiger partial charge in [0.05, 0.1) is 10.8 Å². The van der Waals surface area contributed by atoms with E-state index < -0.39 is 28.7 Å². The van der Waals surface area contributed by atoms with Gasteiger partial charge in [0.15, 0.2) is 0 Å². The number of nitrogens with one attached hydrogen (secondary N) is 1. The molecule has 2 aromatic rings. The SMILES string of the molecule is CC(C)[S@](=O)c1ccc(C(=O)N[C@H](C(N)=O)c2ccccc2)cc1. The molecule has 0 unspecified atom stereocenters. The number of carbonyl (C=O) groups is 2. The van der Waals surface area contributed by atoms with Crippen LogP contribution in [0.4, 0.5) is 0 Å². The lowest BCUT2D eigenvalue weighted by atomic mass is 10.1. The molecule has 0 aromatic heterocycles. The normalized spacial score (nSPS) is 13.3. The van der Waals surface area contributed by atoms with Crippen molar-refractivity contribution in [1.82, 2.24) is 5.32 Å². The summed E-state index contributed by atoms with van der Waals surface area (Å²) in [6.45, 7) is 3.74. The summed E-state index contributed by atoms with van der Waals surface area (Å²) in [6.07, 6.45) is 0. The molecule has 126 valence electrons. The first-order chi connectivity index (χ1) is 11.4. The second-order valence-corrected chi connectivity index (χ2v) is 7.60. The quantitative estimate of drug-likeness (QED) is 0.841. The Kier molecular flexibility index (Phi) is 5.87. The summed E-state index contributed by atoms with van der Waals surface area (Å²) in [7, 11) is -1.11. The second-order valence-electron chi connectivity index (χ2n) is 5.59. The van der Waals surface area contributed by atoms with E-state index in [1.807, 2.05) is 19.9 Å². The van der Waals surface area contributed by atoms with Crippen molar-refractivity contribution in [2.24, 2.45) is 5.73 Å². The molecule has 2 amide bonds. The summed E-state index contributed by atoms with van der Waals surface area (Å²) in [5.41, 5.74) is 6.40. The number of benzene rings is 2. The number of primary amides is 1. The third-order valence-corrected chi connectivity index (χ3v) is 5.06. The van der Waals surface area contributed by atoms with Gasteiger partial charge < -0.3 is 11.1 Å². The van der Waals surface area contributed by atoms with Crippen LogP contribution in [0.2, 0.25) is 0 Å². The Morgan fingerprint density at radius 1 is 1.00 bits per heavy atom. The van der Waals surface area contributed by atoms with Crippen molar-refractivity contribution in [3.05, 3.63) is 65.7 Å².